The van der Waals surface area contributed by atoms with Gasteiger partial charge in [-0.3, -0.25) is 0 Å². The minimum atomic E-state index is 0.127. The van der Waals surface area contributed by atoms with Crippen LogP contribution >= 0.6 is 0 Å². The van der Waals surface area contributed by atoms with Crippen LogP contribution in [0.15, 0.2) is 49.7 Å². The van der Waals surface area contributed by atoms with Crippen molar-refractivity contribution in [1.29, 1.82) is 0 Å². The maximum Gasteiger partial charge on any atom is 0.177 e. The molecule has 1 aliphatic heterocycles. The van der Waals surface area contributed by atoms with Gasteiger partial charge in [-0.1, -0.05) is 6.58 Å². The zero-order chi connectivity index (χ0) is 17.7. The zero-order valence-corrected chi connectivity index (χ0v) is 14.1. The quantitative estimate of drug-likeness (QED) is 0.750. The summed E-state index contributed by atoms with van der Waals surface area (Å²) in [7, 11) is 0. The van der Waals surface area contributed by atoms with E-state index >= 15 is 0 Å². The van der Waals surface area contributed by atoms with Crippen molar-refractivity contribution in [3.63, 3.8) is 0 Å². The van der Waals surface area contributed by atoms with Crippen molar-refractivity contribution >= 4 is 5.57 Å². The Morgan fingerprint density at radius 2 is 2.08 bits per heavy atom. The fourth-order valence-corrected chi connectivity index (χ4v) is 3.94. The Kier molecular flexibility index (Phi) is 3.36. The Bertz CT molecular complexity index is 956. The van der Waals surface area contributed by atoms with Gasteiger partial charge in [-0.05, 0) is 48.5 Å². The summed E-state index contributed by atoms with van der Waals surface area (Å²) in [6.45, 7) is 6.28. The molecular formula is C19H18N6O. The molecule has 3 heterocycles. The first-order valence-corrected chi connectivity index (χ1v) is 8.63. The molecule has 1 aromatic carbocycles. The van der Waals surface area contributed by atoms with Crippen molar-refractivity contribution in [2.45, 2.75) is 0 Å². The van der Waals surface area contributed by atoms with Crippen molar-refractivity contribution < 1.29 is 5.11 Å². The first-order valence-electron chi connectivity index (χ1n) is 8.63. The number of fused-ring (bicyclic) bond motifs is 1. The van der Waals surface area contributed by atoms with E-state index in [1.165, 1.54) is 0 Å². The molecule has 5 rings (SSSR count). The summed E-state index contributed by atoms with van der Waals surface area (Å²) < 4.78 is 1.82. The summed E-state index contributed by atoms with van der Waals surface area (Å²) in [6.07, 6.45) is 6.84. The van der Waals surface area contributed by atoms with Gasteiger partial charge in [0.25, 0.3) is 0 Å². The number of nitrogens with one attached hydrogen (secondary N) is 1. The number of hydrogen-bond donors (Lipinski definition) is 2. The number of nitrogens with zero attached hydrogens (tertiary/aromatic N) is 5. The van der Waals surface area contributed by atoms with Crippen LogP contribution in [0.2, 0.25) is 0 Å². The highest BCUT2D eigenvalue weighted by atomic mass is 16.3. The van der Waals surface area contributed by atoms with Crippen molar-refractivity contribution in [2.75, 3.05) is 13.1 Å². The summed E-state index contributed by atoms with van der Waals surface area (Å²) in [4.78, 5) is 8.45. The number of aromatic hydroxyl groups is 1. The van der Waals surface area contributed by atoms with E-state index in [9.17, 15) is 5.11 Å². The first-order chi connectivity index (χ1) is 12.7. The number of rotatable bonds is 4. The fraction of sp³-hybridized carbons (Fsp3) is 0.263. The smallest absolute Gasteiger partial charge is 0.177 e. The Labute approximate surface area is 150 Å². The van der Waals surface area contributed by atoms with Gasteiger partial charge in [-0.2, -0.15) is 0 Å². The van der Waals surface area contributed by atoms with E-state index in [4.69, 9.17) is 0 Å². The molecular weight excluding hydrogens is 328 g/mol. The number of hydrogen-bond acceptors (Lipinski definition) is 6. The second kappa shape index (κ2) is 5.74. The van der Waals surface area contributed by atoms with Gasteiger partial charge in [0, 0.05) is 24.0 Å². The third-order valence-corrected chi connectivity index (χ3v) is 5.40. The van der Waals surface area contributed by atoms with Gasteiger partial charge in [-0.25, -0.2) is 9.97 Å². The molecule has 3 atom stereocenters. The Morgan fingerprint density at radius 3 is 2.73 bits per heavy atom. The summed E-state index contributed by atoms with van der Waals surface area (Å²) in [5.74, 6) is 2.55. The normalized spacial score (nSPS) is 23.6. The molecule has 26 heavy (non-hydrogen) atoms. The summed E-state index contributed by atoms with van der Waals surface area (Å²) in [6, 6.07) is 5.37. The van der Waals surface area contributed by atoms with Crippen LogP contribution < -0.4 is 5.32 Å². The lowest BCUT2D eigenvalue weighted by atomic mass is 10.1. The van der Waals surface area contributed by atoms with Crippen LogP contribution in [0, 0.1) is 17.8 Å². The van der Waals surface area contributed by atoms with Gasteiger partial charge in [0.1, 0.15) is 11.4 Å². The molecule has 2 N–H and O–H groups in total. The minimum Gasteiger partial charge on any atom is -0.507 e. The van der Waals surface area contributed by atoms with Crippen LogP contribution in [0.4, 0.5) is 0 Å². The number of phenols is 1. The monoisotopic (exact) mass is 346 g/mol. The van der Waals surface area contributed by atoms with E-state index in [2.05, 4.69) is 32.1 Å². The van der Waals surface area contributed by atoms with Crippen LogP contribution in [0.3, 0.4) is 0 Å². The van der Waals surface area contributed by atoms with Crippen LogP contribution in [0.1, 0.15) is 5.82 Å². The maximum absolute atomic E-state index is 10.4. The fourth-order valence-electron chi connectivity index (χ4n) is 3.94. The standard InChI is InChI=1S/C19H18N6O/c1-11(18-14-7-21-8-15(14)18)19-22-9-16(23-24-19)13-3-2-12(6-17(13)26)25-5-4-20-10-25/h2-6,9-10,14-15,18,21,26H,1,7-8H2/t14-,15+,18+. The topological polar surface area (TPSA) is 88.8 Å². The van der Waals surface area contributed by atoms with E-state index in [0.717, 1.165) is 24.4 Å². The Morgan fingerprint density at radius 1 is 1.23 bits per heavy atom. The second-order valence-corrected chi connectivity index (χ2v) is 6.88. The lowest BCUT2D eigenvalue weighted by Gasteiger charge is -2.09. The highest BCUT2D eigenvalue weighted by Gasteiger charge is 2.54. The minimum absolute atomic E-state index is 0.127. The van der Waals surface area contributed by atoms with Crippen molar-refractivity contribution in [3.05, 3.63) is 55.5 Å². The molecule has 1 saturated carbocycles. The van der Waals surface area contributed by atoms with Gasteiger partial charge in [0.2, 0.25) is 0 Å². The number of aromatic nitrogens is 5. The molecule has 3 aromatic rings. The van der Waals surface area contributed by atoms with E-state index in [1.54, 1.807) is 24.8 Å². The molecule has 7 nitrogen and oxygen atoms in total. The highest BCUT2D eigenvalue weighted by molar-refractivity contribution is 5.69. The predicted octanol–water partition coefficient (Wildman–Crippen LogP) is 1.91. The van der Waals surface area contributed by atoms with E-state index in [1.807, 2.05) is 22.9 Å². The van der Waals surface area contributed by atoms with Crippen molar-refractivity contribution in [2.24, 2.45) is 17.8 Å². The number of imidazole rings is 1. The van der Waals surface area contributed by atoms with Crippen LogP contribution in [0.25, 0.3) is 22.5 Å². The molecule has 2 fully saturated rings. The van der Waals surface area contributed by atoms with E-state index < -0.39 is 0 Å². The van der Waals surface area contributed by atoms with Gasteiger partial charge < -0.3 is 15.0 Å². The molecule has 0 unspecified atom stereocenters. The van der Waals surface area contributed by atoms with Gasteiger partial charge in [-0.15, -0.1) is 10.2 Å². The maximum atomic E-state index is 10.4. The molecule has 1 saturated heterocycles. The second-order valence-electron chi connectivity index (χ2n) is 6.88. The van der Waals surface area contributed by atoms with Gasteiger partial charge >= 0.3 is 0 Å². The predicted molar refractivity (Wildman–Crippen MR) is 96.4 cm³/mol. The number of allylic oxidation sites excluding steroid dienone is 1. The Hall–Kier alpha value is -3.06. The molecule has 1 aliphatic carbocycles. The SMILES string of the molecule is C=C(c1ncc(-c2ccc(-n3ccnc3)cc2O)nn1)[C@H]1[C@@H]2CNC[C@@H]21. The van der Waals surface area contributed by atoms with Crippen LogP contribution in [-0.2, 0) is 0 Å². The third kappa shape index (κ3) is 2.40. The van der Waals surface area contributed by atoms with Crippen LogP contribution in [0.5, 0.6) is 5.75 Å². The van der Waals surface area contributed by atoms with Gasteiger partial charge in [0.15, 0.2) is 5.82 Å². The summed E-state index contributed by atoms with van der Waals surface area (Å²) in [5.41, 5.74) is 2.93. The number of benzene rings is 1. The van der Waals surface area contributed by atoms with E-state index in [0.29, 0.717) is 34.8 Å². The highest BCUT2D eigenvalue weighted by Crippen LogP contribution is 2.54. The van der Waals surface area contributed by atoms with E-state index in [-0.39, 0.29) is 5.75 Å². The Balaban J connectivity index is 1.38. The lowest BCUT2D eigenvalue weighted by molar-refractivity contribution is 0.476. The molecule has 0 amide bonds. The summed E-state index contributed by atoms with van der Waals surface area (Å²) >= 11 is 0. The average Bonchev–Trinajstić information content (AvgIpc) is 3.07. The largest absolute Gasteiger partial charge is 0.507 e. The summed E-state index contributed by atoms with van der Waals surface area (Å²) in [5, 5.41) is 22.3. The molecule has 0 spiro atoms. The molecule has 2 aliphatic rings. The molecule has 2 aromatic heterocycles. The number of piperidine rings is 1. The average molecular weight is 346 g/mol. The van der Waals surface area contributed by atoms with Crippen molar-refractivity contribution in [1.82, 2.24) is 30.0 Å². The zero-order valence-electron chi connectivity index (χ0n) is 14.1. The molecule has 130 valence electrons. The first kappa shape index (κ1) is 15.2. The molecule has 0 bridgehead atoms. The van der Waals surface area contributed by atoms with Crippen LogP contribution in [-0.4, -0.2) is 42.9 Å². The molecule has 7 heteroatoms. The number of phenolic OH excluding ortho intramolecular Hbond substituents is 1. The molecule has 0 radical (unpaired) electrons. The van der Waals surface area contributed by atoms with Crippen molar-refractivity contribution in [3.8, 4) is 22.7 Å². The lowest BCUT2D eigenvalue weighted by Crippen LogP contribution is -2.15. The third-order valence-electron chi connectivity index (χ3n) is 5.40. The van der Waals surface area contributed by atoms with Gasteiger partial charge in [0.05, 0.1) is 18.2 Å².